The van der Waals surface area contributed by atoms with Crippen LogP contribution in [0.15, 0.2) is 11.7 Å². The van der Waals surface area contributed by atoms with Crippen LogP contribution in [0.25, 0.3) is 0 Å². The highest BCUT2D eigenvalue weighted by Gasteiger charge is 2.09. The maximum atomic E-state index is 13.5. The molecule has 0 aliphatic carbocycles. The number of hydrogen-bond acceptors (Lipinski definition) is 6. The Morgan fingerprint density at radius 3 is 2.95 bits per heavy atom. The van der Waals surface area contributed by atoms with Gasteiger partial charge < -0.3 is 10.1 Å². The molecule has 0 bridgehead atoms. The smallest absolute Gasteiger partial charge is 0.255 e. The summed E-state index contributed by atoms with van der Waals surface area (Å²) in [6.07, 6.45) is 1.80. The molecule has 19 heavy (non-hydrogen) atoms. The average molecular weight is 282 g/mol. The fourth-order valence-electron chi connectivity index (χ4n) is 1.50. The summed E-state index contributed by atoms with van der Waals surface area (Å²) >= 11 is 1.57. The van der Waals surface area contributed by atoms with E-state index in [0.29, 0.717) is 25.5 Å². The van der Waals surface area contributed by atoms with E-state index in [1.165, 1.54) is 0 Å². The standard InChI is InChI=1S/C12H15FN4OS/c1-3-14-12-15-6-9(13)11(17-12)18-5-4-10-8(2)16-7-19-10/h6-7H,3-5H2,1-2H3,(H,14,15,17). The maximum absolute atomic E-state index is 13.5. The Bertz CT molecular complexity index is 546. The van der Waals surface area contributed by atoms with E-state index < -0.39 is 5.82 Å². The summed E-state index contributed by atoms with van der Waals surface area (Å²) in [5, 5.41) is 2.91. The Morgan fingerprint density at radius 1 is 1.42 bits per heavy atom. The van der Waals surface area contributed by atoms with Crippen molar-refractivity contribution in [2.75, 3.05) is 18.5 Å². The molecule has 0 atom stereocenters. The highest BCUT2D eigenvalue weighted by molar-refractivity contribution is 7.09. The van der Waals surface area contributed by atoms with Crippen molar-refractivity contribution in [1.29, 1.82) is 0 Å². The van der Waals surface area contributed by atoms with E-state index in [2.05, 4.69) is 20.3 Å². The van der Waals surface area contributed by atoms with Crippen LogP contribution in [0, 0.1) is 12.7 Å². The third-order valence-electron chi connectivity index (χ3n) is 2.46. The number of aromatic nitrogens is 3. The summed E-state index contributed by atoms with van der Waals surface area (Å²) < 4.78 is 18.8. The first-order chi connectivity index (χ1) is 9.20. The van der Waals surface area contributed by atoms with Crippen molar-refractivity contribution in [3.63, 3.8) is 0 Å². The van der Waals surface area contributed by atoms with E-state index in [1.807, 2.05) is 13.8 Å². The zero-order valence-electron chi connectivity index (χ0n) is 10.8. The predicted molar refractivity (Wildman–Crippen MR) is 72.2 cm³/mol. The lowest BCUT2D eigenvalue weighted by Crippen LogP contribution is -2.08. The van der Waals surface area contributed by atoms with Gasteiger partial charge in [0.05, 0.1) is 24.0 Å². The predicted octanol–water partition coefficient (Wildman–Crippen LogP) is 2.43. The molecule has 2 heterocycles. The van der Waals surface area contributed by atoms with E-state index in [9.17, 15) is 4.39 Å². The van der Waals surface area contributed by atoms with Crippen LogP contribution in [0.3, 0.4) is 0 Å². The molecule has 5 nitrogen and oxygen atoms in total. The van der Waals surface area contributed by atoms with Gasteiger partial charge >= 0.3 is 0 Å². The highest BCUT2D eigenvalue weighted by Crippen LogP contribution is 2.16. The van der Waals surface area contributed by atoms with Gasteiger partial charge in [-0.2, -0.15) is 9.37 Å². The lowest BCUT2D eigenvalue weighted by molar-refractivity contribution is 0.292. The van der Waals surface area contributed by atoms with Gasteiger partial charge in [-0.1, -0.05) is 0 Å². The van der Waals surface area contributed by atoms with Crippen LogP contribution >= 0.6 is 11.3 Å². The first-order valence-electron chi connectivity index (χ1n) is 5.99. The van der Waals surface area contributed by atoms with Crippen molar-refractivity contribution in [1.82, 2.24) is 15.0 Å². The van der Waals surface area contributed by atoms with E-state index >= 15 is 0 Å². The topological polar surface area (TPSA) is 59.9 Å². The highest BCUT2D eigenvalue weighted by atomic mass is 32.1. The lowest BCUT2D eigenvalue weighted by Gasteiger charge is -2.07. The molecule has 0 unspecified atom stereocenters. The number of rotatable bonds is 6. The minimum atomic E-state index is -0.553. The number of aryl methyl sites for hydroxylation is 1. The van der Waals surface area contributed by atoms with E-state index in [-0.39, 0.29) is 5.88 Å². The van der Waals surface area contributed by atoms with Crippen molar-refractivity contribution < 1.29 is 9.13 Å². The zero-order chi connectivity index (χ0) is 13.7. The molecule has 2 rings (SSSR count). The summed E-state index contributed by atoms with van der Waals surface area (Å²) in [4.78, 5) is 13.1. The second-order valence-electron chi connectivity index (χ2n) is 3.84. The number of anilines is 1. The van der Waals surface area contributed by atoms with Gasteiger partial charge in [-0.3, -0.25) is 0 Å². The molecular weight excluding hydrogens is 267 g/mol. The van der Waals surface area contributed by atoms with Crippen LogP contribution in [0.1, 0.15) is 17.5 Å². The van der Waals surface area contributed by atoms with Gasteiger partial charge in [-0.15, -0.1) is 11.3 Å². The maximum Gasteiger partial charge on any atom is 0.255 e. The van der Waals surface area contributed by atoms with Crippen LogP contribution < -0.4 is 10.1 Å². The Balaban J connectivity index is 1.95. The third-order valence-corrected chi connectivity index (χ3v) is 3.45. The molecule has 0 radical (unpaired) electrons. The van der Waals surface area contributed by atoms with E-state index in [1.54, 1.807) is 16.8 Å². The molecule has 0 fully saturated rings. The summed E-state index contributed by atoms with van der Waals surface area (Å²) in [5.41, 5.74) is 2.78. The normalized spacial score (nSPS) is 10.5. The van der Waals surface area contributed by atoms with Crippen LogP contribution in [-0.4, -0.2) is 28.1 Å². The van der Waals surface area contributed by atoms with Gasteiger partial charge in [0, 0.05) is 17.8 Å². The minimum absolute atomic E-state index is 0.0203. The van der Waals surface area contributed by atoms with Crippen LogP contribution in [0.4, 0.5) is 10.3 Å². The average Bonchev–Trinajstić information content (AvgIpc) is 2.79. The van der Waals surface area contributed by atoms with Crippen molar-refractivity contribution in [2.45, 2.75) is 20.3 Å². The third kappa shape index (κ3) is 3.60. The number of nitrogens with one attached hydrogen (secondary N) is 1. The van der Waals surface area contributed by atoms with Gasteiger partial charge in [-0.05, 0) is 13.8 Å². The Hall–Kier alpha value is -1.76. The Kier molecular flexibility index (Phi) is 4.62. The molecule has 2 aromatic heterocycles. The van der Waals surface area contributed by atoms with Gasteiger partial charge in [0.2, 0.25) is 11.8 Å². The molecule has 2 aromatic rings. The molecule has 0 aliphatic heterocycles. The largest absolute Gasteiger partial charge is 0.475 e. The Morgan fingerprint density at radius 2 is 2.26 bits per heavy atom. The van der Waals surface area contributed by atoms with Crippen LogP contribution in [0.5, 0.6) is 5.88 Å². The van der Waals surface area contributed by atoms with Crippen molar-refractivity contribution in [2.24, 2.45) is 0 Å². The second kappa shape index (κ2) is 6.42. The van der Waals surface area contributed by atoms with Crippen molar-refractivity contribution in [3.05, 3.63) is 28.1 Å². The summed E-state index contributed by atoms with van der Waals surface area (Å²) in [7, 11) is 0. The summed E-state index contributed by atoms with van der Waals surface area (Å²) in [6, 6.07) is 0. The summed E-state index contributed by atoms with van der Waals surface area (Å²) in [6.45, 7) is 4.90. The number of hydrogen-bond donors (Lipinski definition) is 1. The van der Waals surface area contributed by atoms with Crippen LogP contribution in [-0.2, 0) is 6.42 Å². The number of thiazole rings is 1. The molecule has 0 aromatic carbocycles. The molecule has 0 amide bonds. The Labute approximate surface area is 114 Å². The summed E-state index contributed by atoms with van der Waals surface area (Å²) in [5.74, 6) is -0.205. The SMILES string of the molecule is CCNc1ncc(F)c(OCCc2scnc2C)n1. The molecule has 7 heteroatoms. The van der Waals surface area contributed by atoms with Gasteiger partial charge in [0.15, 0.2) is 0 Å². The zero-order valence-corrected chi connectivity index (χ0v) is 11.6. The van der Waals surface area contributed by atoms with Crippen molar-refractivity contribution in [3.8, 4) is 5.88 Å². The lowest BCUT2D eigenvalue weighted by atomic mass is 10.3. The quantitative estimate of drug-likeness (QED) is 0.881. The first-order valence-corrected chi connectivity index (χ1v) is 6.86. The molecule has 0 spiro atoms. The molecule has 1 N–H and O–H groups in total. The minimum Gasteiger partial charge on any atom is -0.475 e. The van der Waals surface area contributed by atoms with Gasteiger partial charge in [0.25, 0.3) is 5.88 Å². The fourth-order valence-corrected chi connectivity index (χ4v) is 2.27. The number of ether oxygens (including phenoxy) is 1. The second-order valence-corrected chi connectivity index (χ2v) is 4.78. The van der Waals surface area contributed by atoms with E-state index in [4.69, 9.17) is 4.74 Å². The van der Waals surface area contributed by atoms with Gasteiger partial charge in [-0.25, -0.2) is 9.97 Å². The molecule has 0 saturated heterocycles. The molecule has 102 valence electrons. The monoisotopic (exact) mass is 282 g/mol. The molecule has 0 saturated carbocycles. The number of halogens is 1. The molecular formula is C12H15FN4OS. The van der Waals surface area contributed by atoms with Crippen molar-refractivity contribution >= 4 is 17.3 Å². The first kappa shape index (κ1) is 13.7. The van der Waals surface area contributed by atoms with E-state index in [0.717, 1.165) is 16.8 Å². The number of nitrogens with zero attached hydrogens (tertiary/aromatic N) is 3. The molecule has 0 aliphatic rings. The van der Waals surface area contributed by atoms with Gasteiger partial charge in [0.1, 0.15) is 0 Å². The fraction of sp³-hybridized carbons (Fsp3) is 0.417. The van der Waals surface area contributed by atoms with Crippen LogP contribution in [0.2, 0.25) is 0 Å².